The van der Waals surface area contributed by atoms with Crippen LogP contribution in [0.5, 0.6) is 0 Å². The summed E-state index contributed by atoms with van der Waals surface area (Å²) in [7, 11) is 0. The number of hydrogen-bond acceptors (Lipinski definition) is 4. The van der Waals surface area contributed by atoms with Gasteiger partial charge in [-0.15, -0.1) is 0 Å². The summed E-state index contributed by atoms with van der Waals surface area (Å²) in [5, 5.41) is 5.76. The van der Waals surface area contributed by atoms with Gasteiger partial charge in [0.05, 0.1) is 5.56 Å². The van der Waals surface area contributed by atoms with Crippen molar-refractivity contribution in [3.63, 3.8) is 0 Å². The third-order valence-electron chi connectivity index (χ3n) is 3.85. The van der Waals surface area contributed by atoms with Gasteiger partial charge in [-0.25, -0.2) is 14.4 Å². The van der Waals surface area contributed by atoms with Gasteiger partial charge in [-0.2, -0.15) is 0 Å². The van der Waals surface area contributed by atoms with E-state index in [0.29, 0.717) is 28.8 Å². The van der Waals surface area contributed by atoms with E-state index in [1.807, 2.05) is 24.3 Å². The lowest BCUT2D eigenvalue weighted by Crippen LogP contribution is -2.13. The number of rotatable bonds is 5. The summed E-state index contributed by atoms with van der Waals surface area (Å²) in [6.45, 7) is 4.24. The van der Waals surface area contributed by atoms with Crippen LogP contribution in [0.25, 0.3) is 0 Å². The van der Waals surface area contributed by atoms with E-state index < -0.39 is 0 Å². The molecule has 0 unspecified atom stereocenters. The molecule has 0 aliphatic heterocycles. The molecule has 3 rings (SSSR count). The van der Waals surface area contributed by atoms with E-state index in [-0.39, 0.29) is 11.7 Å². The van der Waals surface area contributed by atoms with Crippen LogP contribution in [0, 0.1) is 5.82 Å². The summed E-state index contributed by atoms with van der Waals surface area (Å²) >= 11 is 0. The molecule has 0 bridgehead atoms. The zero-order valence-electron chi connectivity index (χ0n) is 14.5. The van der Waals surface area contributed by atoms with Crippen LogP contribution >= 0.6 is 0 Å². The summed E-state index contributed by atoms with van der Waals surface area (Å²) in [5.41, 5.74) is 2.94. The molecule has 0 fully saturated rings. The molecular formula is C20H19FN4O. The Morgan fingerprint density at radius 2 is 1.50 bits per heavy atom. The highest BCUT2D eigenvalue weighted by Crippen LogP contribution is 2.18. The van der Waals surface area contributed by atoms with Gasteiger partial charge in [-0.05, 0) is 47.9 Å². The van der Waals surface area contributed by atoms with Crippen molar-refractivity contribution in [2.24, 2.45) is 0 Å². The fourth-order valence-electron chi connectivity index (χ4n) is 2.33. The number of amides is 1. The fourth-order valence-corrected chi connectivity index (χ4v) is 2.33. The number of hydrogen-bond donors (Lipinski definition) is 2. The van der Waals surface area contributed by atoms with E-state index in [4.69, 9.17) is 0 Å². The van der Waals surface area contributed by atoms with Gasteiger partial charge in [0.25, 0.3) is 5.91 Å². The lowest BCUT2D eigenvalue weighted by atomic mass is 10.0. The number of aromatic nitrogens is 2. The number of carbonyl (C=O) groups excluding carboxylic acids is 1. The van der Waals surface area contributed by atoms with Crippen LogP contribution in [0.3, 0.4) is 0 Å². The number of carbonyl (C=O) groups is 1. The maximum absolute atomic E-state index is 12.9. The Hall–Kier alpha value is -3.28. The first-order valence-electron chi connectivity index (χ1n) is 8.27. The van der Waals surface area contributed by atoms with Crippen molar-refractivity contribution in [3.05, 3.63) is 77.9 Å². The summed E-state index contributed by atoms with van der Waals surface area (Å²) in [5.74, 6) is 0.171. The predicted molar refractivity (Wildman–Crippen MR) is 100 cm³/mol. The molecule has 1 aromatic heterocycles. The smallest absolute Gasteiger partial charge is 0.258 e. The van der Waals surface area contributed by atoms with Gasteiger partial charge >= 0.3 is 0 Å². The standard InChI is InChI=1S/C20H19FN4O/c1-13(2)14-3-7-17(8-4-14)24-19(26)15-11-22-20(23-12-15)25-18-9-5-16(21)6-10-18/h3-13H,1-2H3,(H,24,26)(H,22,23,25). The molecule has 6 heteroatoms. The SMILES string of the molecule is CC(C)c1ccc(NC(=O)c2cnc(Nc3ccc(F)cc3)nc2)cc1. The number of halogens is 1. The minimum atomic E-state index is -0.315. The molecule has 0 saturated carbocycles. The minimum Gasteiger partial charge on any atom is -0.324 e. The minimum absolute atomic E-state index is 0.282. The molecule has 2 N–H and O–H groups in total. The quantitative estimate of drug-likeness (QED) is 0.698. The number of anilines is 3. The van der Waals surface area contributed by atoms with Crippen molar-refractivity contribution in [1.82, 2.24) is 9.97 Å². The summed E-state index contributed by atoms with van der Waals surface area (Å²) in [4.78, 5) is 20.5. The van der Waals surface area contributed by atoms with E-state index in [1.165, 1.54) is 30.1 Å². The van der Waals surface area contributed by atoms with Crippen LogP contribution in [0.15, 0.2) is 60.9 Å². The lowest BCUT2D eigenvalue weighted by molar-refractivity contribution is 0.102. The second kappa shape index (κ2) is 7.74. The molecule has 132 valence electrons. The lowest BCUT2D eigenvalue weighted by Gasteiger charge is -2.09. The third-order valence-corrected chi connectivity index (χ3v) is 3.85. The van der Waals surface area contributed by atoms with Crippen LogP contribution < -0.4 is 10.6 Å². The van der Waals surface area contributed by atoms with Gasteiger partial charge in [0, 0.05) is 23.8 Å². The number of nitrogens with zero attached hydrogens (tertiary/aromatic N) is 2. The van der Waals surface area contributed by atoms with Crippen LogP contribution in [-0.4, -0.2) is 15.9 Å². The van der Waals surface area contributed by atoms with Crippen molar-refractivity contribution in [2.45, 2.75) is 19.8 Å². The zero-order valence-corrected chi connectivity index (χ0v) is 14.5. The Kier molecular flexibility index (Phi) is 5.22. The monoisotopic (exact) mass is 350 g/mol. The molecule has 0 atom stereocenters. The molecule has 0 aliphatic rings. The van der Waals surface area contributed by atoms with Crippen molar-refractivity contribution in [2.75, 3.05) is 10.6 Å². The zero-order chi connectivity index (χ0) is 18.5. The van der Waals surface area contributed by atoms with Gasteiger partial charge in [-0.3, -0.25) is 4.79 Å². The highest BCUT2D eigenvalue weighted by Gasteiger charge is 2.08. The molecule has 1 heterocycles. The Morgan fingerprint density at radius 1 is 0.923 bits per heavy atom. The summed E-state index contributed by atoms with van der Waals surface area (Å²) in [6.07, 6.45) is 2.88. The van der Waals surface area contributed by atoms with Crippen LogP contribution in [0.1, 0.15) is 35.7 Å². The molecule has 1 amide bonds. The van der Waals surface area contributed by atoms with Crippen molar-refractivity contribution < 1.29 is 9.18 Å². The summed E-state index contributed by atoms with van der Waals surface area (Å²) in [6, 6.07) is 13.6. The Morgan fingerprint density at radius 3 is 2.08 bits per heavy atom. The van der Waals surface area contributed by atoms with Crippen molar-refractivity contribution in [1.29, 1.82) is 0 Å². The van der Waals surface area contributed by atoms with Crippen LogP contribution in [0.4, 0.5) is 21.7 Å². The number of nitrogens with one attached hydrogen (secondary N) is 2. The molecule has 0 spiro atoms. The van der Waals surface area contributed by atoms with E-state index in [9.17, 15) is 9.18 Å². The average molecular weight is 350 g/mol. The fraction of sp³-hybridized carbons (Fsp3) is 0.150. The third kappa shape index (κ3) is 4.42. The first-order chi connectivity index (χ1) is 12.5. The molecule has 0 aliphatic carbocycles. The van der Waals surface area contributed by atoms with Gasteiger partial charge < -0.3 is 10.6 Å². The van der Waals surface area contributed by atoms with Gasteiger partial charge in [-0.1, -0.05) is 26.0 Å². The second-order valence-electron chi connectivity index (χ2n) is 6.16. The van der Waals surface area contributed by atoms with Crippen LogP contribution in [-0.2, 0) is 0 Å². The second-order valence-corrected chi connectivity index (χ2v) is 6.16. The van der Waals surface area contributed by atoms with Crippen molar-refractivity contribution >= 4 is 23.2 Å². The molecule has 5 nitrogen and oxygen atoms in total. The first kappa shape index (κ1) is 17.5. The highest BCUT2D eigenvalue weighted by atomic mass is 19.1. The van der Waals surface area contributed by atoms with Gasteiger partial charge in [0.1, 0.15) is 5.82 Å². The van der Waals surface area contributed by atoms with E-state index in [1.54, 1.807) is 12.1 Å². The maximum Gasteiger partial charge on any atom is 0.258 e. The highest BCUT2D eigenvalue weighted by molar-refractivity contribution is 6.03. The Balaban J connectivity index is 1.63. The normalized spacial score (nSPS) is 10.6. The topological polar surface area (TPSA) is 66.9 Å². The first-order valence-corrected chi connectivity index (χ1v) is 8.27. The molecule has 2 aromatic carbocycles. The van der Waals surface area contributed by atoms with Gasteiger partial charge in [0.2, 0.25) is 5.95 Å². The summed E-state index contributed by atoms with van der Waals surface area (Å²) < 4.78 is 12.9. The molecule has 3 aromatic rings. The predicted octanol–water partition coefficient (Wildman–Crippen LogP) is 4.74. The molecule has 0 saturated heterocycles. The largest absolute Gasteiger partial charge is 0.324 e. The van der Waals surface area contributed by atoms with E-state index in [0.717, 1.165) is 0 Å². The molecule has 26 heavy (non-hydrogen) atoms. The van der Waals surface area contributed by atoms with Crippen molar-refractivity contribution in [3.8, 4) is 0 Å². The van der Waals surface area contributed by atoms with E-state index >= 15 is 0 Å². The van der Waals surface area contributed by atoms with Gasteiger partial charge in [0.15, 0.2) is 0 Å². The van der Waals surface area contributed by atoms with Crippen LogP contribution in [0.2, 0.25) is 0 Å². The molecular weight excluding hydrogens is 331 g/mol. The maximum atomic E-state index is 12.9. The van der Waals surface area contributed by atoms with E-state index in [2.05, 4.69) is 34.4 Å². The Labute approximate surface area is 151 Å². The number of benzene rings is 2. The molecule has 0 radical (unpaired) electrons. The average Bonchev–Trinajstić information content (AvgIpc) is 2.64. The Bertz CT molecular complexity index is 875.